The summed E-state index contributed by atoms with van der Waals surface area (Å²) in [6, 6.07) is 2.37. The van der Waals surface area contributed by atoms with E-state index in [2.05, 4.69) is 4.99 Å². The summed E-state index contributed by atoms with van der Waals surface area (Å²) in [7, 11) is -2.04. The number of thiophene rings is 1. The molecule has 1 aliphatic rings. The molecule has 0 aliphatic carbocycles. The van der Waals surface area contributed by atoms with Gasteiger partial charge in [-0.15, -0.1) is 11.3 Å². The van der Waals surface area contributed by atoms with Crippen LogP contribution in [0.2, 0.25) is 0 Å². The van der Waals surface area contributed by atoms with Crippen LogP contribution in [0.1, 0.15) is 41.6 Å². The molecule has 158 valence electrons. The highest BCUT2D eigenvalue weighted by Gasteiger charge is 2.38. The minimum Gasteiger partial charge on any atom is -0.462 e. The Bertz CT molecular complexity index is 1070. The van der Waals surface area contributed by atoms with Crippen molar-refractivity contribution in [2.75, 3.05) is 13.2 Å². The Labute approximate surface area is 177 Å². The molecule has 0 spiro atoms. The van der Waals surface area contributed by atoms with Crippen molar-refractivity contribution < 1.29 is 22.7 Å². The van der Waals surface area contributed by atoms with Gasteiger partial charge in [0.1, 0.15) is 15.1 Å². The molecule has 29 heavy (non-hydrogen) atoms. The van der Waals surface area contributed by atoms with Crippen LogP contribution in [0.25, 0.3) is 0 Å². The molecule has 3 rings (SSSR count). The van der Waals surface area contributed by atoms with Crippen molar-refractivity contribution >= 4 is 44.6 Å². The van der Waals surface area contributed by atoms with Crippen LogP contribution in [0.4, 0.5) is 0 Å². The van der Waals surface area contributed by atoms with Crippen LogP contribution in [-0.2, 0) is 26.6 Å². The molecule has 2 aromatic heterocycles. The van der Waals surface area contributed by atoms with Gasteiger partial charge in [-0.1, -0.05) is 23.8 Å². The summed E-state index contributed by atoms with van der Waals surface area (Å²) in [6.07, 6.45) is 1.88. The minimum absolute atomic E-state index is 0.222. The first kappa shape index (κ1) is 21.9. The highest BCUT2D eigenvalue weighted by molar-refractivity contribution is 7.91. The van der Waals surface area contributed by atoms with Gasteiger partial charge in [0.05, 0.1) is 6.61 Å². The SMILES string of the molecule is CCOC(=O)c1sc(=NC(=O)C2CCCCN2S(=O)(=O)c2cccs2)n(C)c1C. The van der Waals surface area contributed by atoms with Gasteiger partial charge in [0, 0.05) is 19.3 Å². The number of amides is 1. The maximum absolute atomic E-state index is 13.0. The van der Waals surface area contributed by atoms with Crippen molar-refractivity contribution in [3.63, 3.8) is 0 Å². The standard InChI is InChI=1S/C18H23N3O5S3/c1-4-26-17(23)15-12(2)20(3)18(28-15)19-16(22)13-8-5-6-10-21(13)29(24,25)14-9-7-11-27-14/h7,9,11,13H,4-6,8,10H2,1-3H3. The zero-order valence-electron chi connectivity index (χ0n) is 16.5. The average molecular weight is 458 g/mol. The number of piperidine rings is 1. The van der Waals surface area contributed by atoms with Gasteiger partial charge in [-0.2, -0.15) is 9.30 Å². The largest absolute Gasteiger partial charge is 0.462 e. The van der Waals surface area contributed by atoms with Crippen LogP contribution >= 0.6 is 22.7 Å². The molecule has 1 aliphatic heterocycles. The Kier molecular flexibility index (Phi) is 6.72. The average Bonchev–Trinajstić information content (AvgIpc) is 3.33. The maximum atomic E-state index is 13.0. The molecule has 0 N–H and O–H groups in total. The third kappa shape index (κ3) is 4.37. The Morgan fingerprint density at radius 2 is 2.10 bits per heavy atom. The lowest BCUT2D eigenvalue weighted by atomic mass is 10.0. The van der Waals surface area contributed by atoms with E-state index >= 15 is 0 Å². The topological polar surface area (TPSA) is 98.0 Å². The summed E-state index contributed by atoms with van der Waals surface area (Å²) >= 11 is 2.20. The molecule has 3 heterocycles. The lowest BCUT2D eigenvalue weighted by molar-refractivity contribution is -0.122. The van der Waals surface area contributed by atoms with E-state index in [1.165, 1.54) is 4.31 Å². The van der Waals surface area contributed by atoms with Gasteiger partial charge in [0.25, 0.3) is 15.9 Å². The van der Waals surface area contributed by atoms with Crippen molar-refractivity contribution in [1.82, 2.24) is 8.87 Å². The van der Waals surface area contributed by atoms with Crippen molar-refractivity contribution in [2.24, 2.45) is 12.0 Å². The Hall–Kier alpha value is -1.82. The molecule has 2 aromatic rings. The van der Waals surface area contributed by atoms with Gasteiger partial charge in [-0.3, -0.25) is 4.79 Å². The van der Waals surface area contributed by atoms with Crippen LogP contribution in [0, 0.1) is 6.92 Å². The van der Waals surface area contributed by atoms with Crippen LogP contribution in [0.3, 0.4) is 0 Å². The highest BCUT2D eigenvalue weighted by atomic mass is 32.2. The molecule has 8 nitrogen and oxygen atoms in total. The molecule has 1 fully saturated rings. The number of ether oxygens (including phenoxy) is 1. The van der Waals surface area contributed by atoms with Crippen LogP contribution < -0.4 is 4.80 Å². The minimum atomic E-state index is -3.75. The normalized spacial score (nSPS) is 18.7. The molecule has 0 aromatic carbocycles. The fourth-order valence-corrected chi connectivity index (χ4v) is 6.94. The predicted octanol–water partition coefficient (Wildman–Crippen LogP) is 2.30. The van der Waals surface area contributed by atoms with Gasteiger partial charge < -0.3 is 9.30 Å². The lowest BCUT2D eigenvalue weighted by Gasteiger charge is -2.31. The first-order valence-electron chi connectivity index (χ1n) is 9.24. The molecular weight excluding hydrogens is 434 g/mol. The monoisotopic (exact) mass is 457 g/mol. The van der Waals surface area contributed by atoms with Gasteiger partial charge in [0.15, 0.2) is 4.80 Å². The van der Waals surface area contributed by atoms with Crippen molar-refractivity contribution in [3.05, 3.63) is 32.9 Å². The first-order chi connectivity index (χ1) is 13.8. The van der Waals surface area contributed by atoms with Crippen LogP contribution in [0.15, 0.2) is 26.7 Å². The fourth-order valence-electron chi connectivity index (χ4n) is 3.15. The number of carbonyl (C=O) groups excluding carboxylic acids is 2. The zero-order valence-corrected chi connectivity index (χ0v) is 18.9. The van der Waals surface area contributed by atoms with Gasteiger partial charge >= 0.3 is 5.97 Å². The van der Waals surface area contributed by atoms with Crippen LogP contribution in [-0.4, -0.2) is 48.4 Å². The highest BCUT2D eigenvalue weighted by Crippen LogP contribution is 2.28. The van der Waals surface area contributed by atoms with Gasteiger partial charge in [0.2, 0.25) is 0 Å². The number of rotatable bonds is 5. The number of nitrogens with zero attached hydrogens (tertiary/aromatic N) is 3. The zero-order chi connectivity index (χ0) is 21.2. The van der Waals surface area contributed by atoms with E-state index in [9.17, 15) is 18.0 Å². The number of carbonyl (C=O) groups is 2. The molecule has 0 saturated carbocycles. The molecule has 1 atom stereocenters. The van der Waals surface area contributed by atoms with E-state index in [4.69, 9.17) is 4.74 Å². The Balaban J connectivity index is 1.95. The molecule has 0 bridgehead atoms. The van der Waals surface area contributed by atoms with Gasteiger partial charge in [-0.05, 0) is 38.1 Å². The maximum Gasteiger partial charge on any atom is 0.350 e. The van der Waals surface area contributed by atoms with E-state index in [0.717, 1.165) is 29.1 Å². The quantitative estimate of drug-likeness (QED) is 0.642. The number of sulfonamides is 1. The molecule has 11 heteroatoms. The Morgan fingerprint density at radius 1 is 1.34 bits per heavy atom. The second-order valence-corrected chi connectivity index (χ2v) is 10.6. The second-order valence-electron chi connectivity index (χ2n) is 6.59. The van der Waals surface area contributed by atoms with E-state index in [-0.39, 0.29) is 17.4 Å². The summed E-state index contributed by atoms with van der Waals surface area (Å²) < 4.78 is 34.1. The van der Waals surface area contributed by atoms with Crippen molar-refractivity contribution in [1.29, 1.82) is 0 Å². The first-order valence-corrected chi connectivity index (χ1v) is 12.4. The fraction of sp³-hybridized carbons (Fsp3) is 0.500. The molecule has 1 saturated heterocycles. The summed E-state index contributed by atoms with van der Waals surface area (Å²) in [5.41, 5.74) is 0.645. The molecule has 0 radical (unpaired) electrons. The van der Waals surface area contributed by atoms with Gasteiger partial charge in [-0.25, -0.2) is 13.2 Å². The number of hydrogen-bond donors (Lipinski definition) is 0. The summed E-state index contributed by atoms with van der Waals surface area (Å²) in [6.45, 7) is 4.01. The summed E-state index contributed by atoms with van der Waals surface area (Å²) in [5.74, 6) is -0.976. The van der Waals surface area contributed by atoms with E-state index in [0.29, 0.717) is 28.2 Å². The summed E-state index contributed by atoms with van der Waals surface area (Å²) in [5, 5.41) is 1.70. The lowest BCUT2D eigenvalue weighted by Crippen LogP contribution is -2.47. The Morgan fingerprint density at radius 3 is 2.76 bits per heavy atom. The van der Waals surface area contributed by atoms with E-state index in [1.807, 2.05) is 0 Å². The number of aromatic nitrogens is 1. The van der Waals surface area contributed by atoms with E-state index in [1.54, 1.807) is 43.0 Å². The van der Waals surface area contributed by atoms with Crippen molar-refractivity contribution in [3.8, 4) is 0 Å². The molecule has 1 unspecified atom stereocenters. The number of esters is 1. The molecule has 1 amide bonds. The third-order valence-corrected chi connectivity index (χ3v) is 9.27. The molecular formula is C18H23N3O5S3. The second kappa shape index (κ2) is 8.90. The predicted molar refractivity (Wildman–Crippen MR) is 110 cm³/mol. The van der Waals surface area contributed by atoms with E-state index < -0.39 is 27.9 Å². The number of thiazole rings is 1. The third-order valence-electron chi connectivity index (χ3n) is 4.78. The number of hydrogen-bond acceptors (Lipinski definition) is 7. The summed E-state index contributed by atoms with van der Waals surface area (Å²) in [4.78, 5) is 30.0. The smallest absolute Gasteiger partial charge is 0.350 e. The van der Waals surface area contributed by atoms with Crippen molar-refractivity contribution in [2.45, 2.75) is 43.4 Å². The van der Waals surface area contributed by atoms with Crippen LogP contribution in [0.5, 0.6) is 0 Å².